The van der Waals surface area contributed by atoms with Crippen LogP contribution >= 0.6 is 0 Å². The van der Waals surface area contributed by atoms with Crippen molar-refractivity contribution in [3.05, 3.63) is 35.4 Å². The van der Waals surface area contributed by atoms with Crippen LogP contribution in [0, 0.1) is 0 Å². The average molecular weight is 332 g/mol. The van der Waals surface area contributed by atoms with Gasteiger partial charge in [-0.25, -0.2) is 4.79 Å². The maximum absolute atomic E-state index is 11.9. The van der Waals surface area contributed by atoms with Gasteiger partial charge in [0.2, 0.25) is 5.91 Å². The minimum absolute atomic E-state index is 0.00535. The molecule has 0 spiro atoms. The normalized spacial score (nSPS) is 13.8. The van der Waals surface area contributed by atoms with Crippen molar-refractivity contribution in [2.24, 2.45) is 0 Å². The smallest absolute Gasteiger partial charge is 0.324 e. The highest BCUT2D eigenvalue weighted by Gasteiger charge is 2.27. The molecule has 0 radical (unpaired) electrons. The molecular weight excluding hydrogens is 312 g/mol. The summed E-state index contributed by atoms with van der Waals surface area (Å²) in [6.07, 6.45) is 1.23. The van der Waals surface area contributed by atoms with Gasteiger partial charge in [-0.1, -0.05) is 31.2 Å². The molecule has 1 heterocycles. The number of ketones is 1. The number of Topliss-reactive ketones (excluding diaryl/α,β-unsaturated/α-hetero) is 1. The van der Waals surface area contributed by atoms with Crippen molar-refractivity contribution in [3.8, 4) is 0 Å². The van der Waals surface area contributed by atoms with Crippen LogP contribution in [0.15, 0.2) is 24.3 Å². The van der Waals surface area contributed by atoms with E-state index in [0.29, 0.717) is 12.0 Å². The first-order valence-corrected chi connectivity index (χ1v) is 7.87. The van der Waals surface area contributed by atoms with Crippen molar-refractivity contribution in [2.75, 3.05) is 19.7 Å². The predicted octanol–water partition coefficient (Wildman–Crippen LogP) is 1.31. The Morgan fingerprint density at radius 2 is 1.92 bits per heavy atom. The number of hydrogen-bond donors (Lipinski definition) is 1. The van der Waals surface area contributed by atoms with E-state index in [2.05, 4.69) is 5.32 Å². The minimum Gasteiger partial charge on any atom is -0.457 e. The third-order valence-corrected chi connectivity index (χ3v) is 3.75. The lowest BCUT2D eigenvalue weighted by molar-refractivity contribution is -0.142. The molecule has 0 atom stereocenters. The summed E-state index contributed by atoms with van der Waals surface area (Å²) in [5.41, 5.74) is 1.63. The lowest BCUT2D eigenvalue weighted by atomic mass is 10.1. The standard InChI is InChI=1S/C17H20N2O5/c1-2-12-5-7-13(8-6-12)14(20)11-24-16(22)4-3-9-19-15(21)10-18-17(19)23/h5-8H,2-4,9-11H2,1H3,(H,18,23). The maximum atomic E-state index is 11.9. The lowest BCUT2D eigenvalue weighted by Gasteiger charge is -2.11. The molecule has 128 valence electrons. The third-order valence-electron chi connectivity index (χ3n) is 3.75. The van der Waals surface area contributed by atoms with Crippen molar-refractivity contribution < 1.29 is 23.9 Å². The van der Waals surface area contributed by atoms with Gasteiger partial charge < -0.3 is 10.1 Å². The van der Waals surface area contributed by atoms with Crippen LogP contribution in [-0.2, 0) is 20.7 Å². The molecule has 1 saturated heterocycles. The summed E-state index contributed by atoms with van der Waals surface area (Å²) < 4.78 is 4.94. The second-order valence-corrected chi connectivity index (χ2v) is 5.44. The fourth-order valence-corrected chi connectivity index (χ4v) is 2.29. The highest BCUT2D eigenvalue weighted by atomic mass is 16.5. The SMILES string of the molecule is CCc1ccc(C(=O)COC(=O)CCCN2C(=O)CNC2=O)cc1. The molecule has 0 aromatic heterocycles. The second-order valence-electron chi connectivity index (χ2n) is 5.44. The molecule has 2 rings (SSSR count). The zero-order chi connectivity index (χ0) is 17.5. The van der Waals surface area contributed by atoms with Gasteiger partial charge in [-0.2, -0.15) is 0 Å². The third kappa shape index (κ3) is 4.65. The molecule has 7 heteroatoms. The molecule has 0 aliphatic carbocycles. The van der Waals surface area contributed by atoms with E-state index >= 15 is 0 Å². The van der Waals surface area contributed by atoms with Gasteiger partial charge in [0.1, 0.15) is 0 Å². The fraction of sp³-hybridized carbons (Fsp3) is 0.412. The number of carbonyl (C=O) groups is 4. The van der Waals surface area contributed by atoms with E-state index in [0.717, 1.165) is 16.9 Å². The van der Waals surface area contributed by atoms with Crippen molar-refractivity contribution >= 4 is 23.7 Å². The number of aryl methyl sites for hydroxylation is 1. The number of amides is 3. The monoisotopic (exact) mass is 332 g/mol. The number of hydrogen-bond acceptors (Lipinski definition) is 5. The van der Waals surface area contributed by atoms with Crippen LogP contribution in [0.3, 0.4) is 0 Å². The predicted molar refractivity (Wildman–Crippen MR) is 85.5 cm³/mol. The van der Waals surface area contributed by atoms with E-state index in [-0.39, 0.29) is 37.8 Å². The zero-order valence-corrected chi connectivity index (χ0v) is 13.5. The van der Waals surface area contributed by atoms with Gasteiger partial charge in [0.05, 0.1) is 6.54 Å². The number of nitrogens with one attached hydrogen (secondary N) is 1. The van der Waals surface area contributed by atoms with Gasteiger partial charge in [-0.3, -0.25) is 19.3 Å². The molecule has 0 saturated carbocycles. The highest BCUT2D eigenvalue weighted by molar-refractivity contribution is 6.02. The molecule has 7 nitrogen and oxygen atoms in total. The first-order chi connectivity index (χ1) is 11.5. The number of rotatable bonds is 8. The molecule has 0 bridgehead atoms. The molecule has 1 aliphatic heterocycles. The number of benzene rings is 1. The van der Waals surface area contributed by atoms with E-state index in [1.807, 2.05) is 19.1 Å². The van der Waals surface area contributed by atoms with Crippen molar-refractivity contribution in [1.82, 2.24) is 10.2 Å². The van der Waals surface area contributed by atoms with E-state index in [1.165, 1.54) is 0 Å². The topological polar surface area (TPSA) is 92.8 Å². The summed E-state index contributed by atoms with van der Waals surface area (Å²) in [5.74, 6) is -1.10. The van der Waals surface area contributed by atoms with Crippen LogP contribution < -0.4 is 5.32 Å². The molecule has 24 heavy (non-hydrogen) atoms. The molecular formula is C17H20N2O5. The van der Waals surface area contributed by atoms with Crippen molar-refractivity contribution in [2.45, 2.75) is 26.2 Å². The van der Waals surface area contributed by atoms with Gasteiger partial charge in [-0.15, -0.1) is 0 Å². The number of urea groups is 1. The van der Waals surface area contributed by atoms with Crippen molar-refractivity contribution in [3.63, 3.8) is 0 Å². The second kappa shape index (κ2) is 8.24. The van der Waals surface area contributed by atoms with E-state index in [9.17, 15) is 19.2 Å². The summed E-state index contributed by atoms with van der Waals surface area (Å²) in [4.78, 5) is 47.3. The molecule has 1 aliphatic rings. The Labute approximate surface area is 140 Å². The van der Waals surface area contributed by atoms with Gasteiger partial charge in [0, 0.05) is 18.5 Å². The van der Waals surface area contributed by atoms with Crippen molar-refractivity contribution in [1.29, 1.82) is 0 Å². The Hall–Kier alpha value is -2.70. The number of nitrogens with zero attached hydrogens (tertiary/aromatic N) is 1. The maximum Gasteiger partial charge on any atom is 0.324 e. The molecule has 0 unspecified atom stereocenters. The largest absolute Gasteiger partial charge is 0.457 e. The first-order valence-electron chi connectivity index (χ1n) is 7.87. The molecule has 1 fully saturated rings. The molecule has 1 N–H and O–H groups in total. The van der Waals surface area contributed by atoms with Gasteiger partial charge in [0.15, 0.2) is 12.4 Å². The molecule has 1 aromatic carbocycles. The van der Waals surface area contributed by atoms with Crippen LogP contribution in [0.1, 0.15) is 35.7 Å². The number of imide groups is 1. The van der Waals surface area contributed by atoms with Crippen LogP contribution in [0.4, 0.5) is 4.79 Å². The Kier molecular flexibility index (Phi) is 6.06. The van der Waals surface area contributed by atoms with Gasteiger partial charge in [-0.05, 0) is 18.4 Å². The first kappa shape index (κ1) is 17.7. The molecule has 1 aromatic rings. The number of esters is 1. The van der Waals surface area contributed by atoms with E-state index in [1.54, 1.807) is 12.1 Å². The van der Waals surface area contributed by atoms with Crippen LogP contribution in [0.2, 0.25) is 0 Å². The Morgan fingerprint density at radius 1 is 1.21 bits per heavy atom. The van der Waals surface area contributed by atoms with Gasteiger partial charge in [0.25, 0.3) is 0 Å². The average Bonchev–Trinajstić information content (AvgIpc) is 2.91. The fourth-order valence-electron chi connectivity index (χ4n) is 2.29. The number of ether oxygens (including phenoxy) is 1. The number of carbonyl (C=O) groups excluding carboxylic acids is 4. The van der Waals surface area contributed by atoms with E-state index < -0.39 is 12.0 Å². The minimum atomic E-state index is -0.527. The highest BCUT2D eigenvalue weighted by Crippen LogP contribution is 2.07. The Bertz CT molecular complexity index is 623. The summed E-state index contributed by atoms with van der Waals surface area (Å²) in [6.45, 7) is 1.87. The van der Waals surface area contributed by atoms with Crippen LogP contribution in [0.5, 0.6) is 0 Å². The summed E-state index contributed by atoms with van der Waals surface area (Å²) in [7, 11) is 0. The zero-order valence-electron chi connectivity index (χ0n) is 13.5. The van der Waals surface area contributed by atoms with E-state index in [4.69, 9.17) is 4.74 Å². The Morgan fingerprint density at radius 3 is 2.50 bits per heavy atom. The summed E-state index contributed by atoms with van der Waals surface area (Å²) in [6, 6.07) is 6.72. The molecule has 3 amide bonds. The quantitative estimate of drug-likeness (QED) is 0.440. The summed E-state index contributed by atoms with van der Waals surface area (Å²) >= 11 is 0. The Balaban J connectivity index is 1.69. The van der Waals surface area contributed by atoms with Crippen LogP contribution in [0.25, 0.3) is 0 Å². The lowest BCUT2D eigenvalue weighted by Crippen LogP contribution is -2.32. The van der Waals surface area contributed by atoms with Crippen LogP contribution in [-0.4, -0.2) is 48.3 Å². The summed E-state index contributed by atoms with van der Waals surface area (Å²) in [5, 5.41) is 2.40. The van der Waals surface area contributed by atoms with Gasteiger partial charge >= 0.3 is 12.0 Å².